The fourth-order valence-corrected chi connectivity index (χ4v) is 5.73. The molecular weight excluding hydrogens is 540 g/mol. The Morgan fingerprint density at radius 2 is 1.88 bits per heavy atom. The Morgan fingerprint density at radius 1 is 1.19 bits per heavy atom. The zero-order valence-electron chi connectivity index (χ0n) is 24.1. The van der Waals surface area contributed by atoms with E-state index in [4.69, 9.17) is 21.3 Å². The highest BCUT2D eigenvalue weighted by molar-refractivity contribution is 6.04. The molecule has 2 N–H and O–H groups in total. The van der Waals surface area contributed by atoms with Gasteiger partial charge in [-0.2, -0.15) is 0 Å². The van der Waals surface area contributed by atoms with Gasteiger partial charge in [-0.3, -0.25) is 15.3 Å². The maximum atomic E-state index is 16.4. The molecule has 1 aromatic heterocycles. The maximum Gasteiger partial charge on any atom is 0.410 e. The second-order valence-electron chi connectivity index (χ2n) is 11.5. The summed E-state index contributed by atoms with van der Waals surface area (Å²) in [7, 11) is 1.39. The number of amides is 1. The van der Waals surface area contributed by atoms with Crippen molar-refractivity contribution in [2.24, 2.45) is 0 Å². The van der Waals surface area contributed by atoms with Crippen molar-refractivity contribution in [1.82, 2.24) is 14.8 Å². The first-order chi connectivity index (χ1) is 19.9. The van der Waals surface area contributed by atoms with Gasteiger partial charge >= 0.3 is 6.09 Å². The van der Waals surface area contributed by atoms with Crippen molar-refractivity contribution in [3.63, 3.8) is 0 Å². The lowest BCUT2D eigenvalue weighted by molar-refractivity contribution is 0.00278. The van der Waals surface area contributed by atoms with Crippen LogP contribution in [0, 0.1) is 29.4 Å². The van der Waals surface area contributed by atoms with Crippen molar-refractivity contribution in [2.75, 3.05) is 25.5 Å². The molecule has 0 spiro atoms. The first-order valence-corrected chi connectivity index (χ1v) is 13.6. The first-order valence-electron chi connectivity index (χ1n) is 13.6. The number of nitrogens with one attached hydrogen (secondary N) is 2. The summed E-state index contributed by atoms with van der Waals surface area (Å²) in [6.07, 6.45) is 8.23. The van der Waals surface area contributed by atoms with E-state index in [1.165, 1.54) is 19.4 Å². The number of hydrogen-bond donors (Lipinski definition) is 2. The van der Waals surface area contributed by atoms with Gasteiger partial charge in [0.1, 0.15) is 22.9 Å². The Balaban J connectivity index is 1.53. The SMILES string of the molecule is C#Cc1c(F)ccc2cccc(-c3ncc(C(=N)N4CC5CCC(C4)N5C(=O)OC(C)(C)C)c(NC(=C)OC)c3F)c12. The highest BCUT2D eigenvalue weighted by Crippen LogP contribution is 2.37. The number of halogens is 2. The van der Waals surface area contributed by atoms with Crippen LogP contribution in [0.2, 0.25) is 0 Å². The second kappa shape index (κ2) is 11.0. The summed E-state index contributed by atoms with van der Waals surface area (Å²) in [5.41, 5.74) is -0.245. The normalized spacial score (nSPS) is 18.0. The number of amidine groups is 1. The van der Waals surface area contributed by atoms with E-state index in [9.17, 15) is 9.18 Å². The number of nitrogens with zero attached hydrogens (tertiary/aromatic N) is 3. The molecule has 2 atom stereocenters. The van der Waals surface area contributed by atoms with E-state index >= 15 is 4.39 Å². The highest BCUT2D eigenvalue weighted by Gasteiger charge is 2.45. The average molecular weight is 574 g/mol. The molecule has 0 radical (unpaired) electrons. The first kappa shape index (κ1) is 28.9. The van der Waals surface area contributed by atoms with Crippen LogP contribution in [-0.2, 0) is 9.47 Å². The van der Waals surface area contributed by atoms with E-state index in [1.54, 1.807) is 29.2 Å². The van der Waals surface area contributed by atoms with Crippen LogP contribution in [-0.4, -0.2) is 64.6 Å². The van der Waals surface area contributed by atoms with Gasteiger partial charge in [-0.25, -0.2) is 13.6 Å². The van der Waals surface area contributed by atoms with Gasteiger partial charge in [0, 0.05) is 30.2 Å². The van der Waals surface area contributed by atoms with E-state index in [1.807, 2.05) is 25.7 Å². The van der Waals surface area contributed by atoms with E-state index in [0.29, 0.717) is 29.4 Å². The average Bonchev–Trinajstić information content (AvgIpc) is 3.22. The largest absolute Gasteiger partial charge is 0.483 e. The minimum Gasteiger partial charge on any atom is -0.483 e. The predicted molar refractivity (Wildman–Crippen MR) is 158 cm³/mol. The molecule has 5 rings (SSSR count). The van der Waals surface area contributed by atoms with Crippen molar-refractivity contribution in [1.29, 1.82) is 5.41 Å². The molecule has 2 bridgehead atoms. The number of likely N-dealkylation sites (tertiary alicyclic amines) is 1. The van der Waals surface area contributed by atoms with E-state index < -0.39 is 17.2 Å². The number of terminal acetylenes is 1. The zero-order valence-corrected chi connectivity index (χ0v) is 24.1. The van der Waals surface area contributed by atoms with Gasteiger partial charge in [0.25, 0.3) is 0 Å². The van der Waals surface area contributed by atoms with Gasteiger partial charge in [-0.15, -0.1) is 6.42 Å². The number of fused-ring (bicyclic) bond motifs is 3. The number of piperazine rings is 1. The fourth-order valence-electron chi connectivity index (χ4n) is 5.73. The Labute approximate surface area is 243 Å². The molecule has 0 saturated carbocycles. The number of benzene rings is 2. The number of rotatable bonds is 5. The van der Waals surface area contributed by atoms with Crippen LogP contribution in [0.4, 0.5) is 19.3 Å². The standard InChI is InChI=1S/C32H33F2N5O3/c1-7-22-25(33)14-11-19-9-8-10-23(26(19)22)28-27(34)29(37-18(2)41-6)24(15-36-28)30(35)38-16-20-12-13-21(17-38)39(20)31(40)42-32(3,4)5/h1,8-11,14-15,20-21,35H,2,12-13,16-17H2,3-6H3,(H,36,37). The molecule has 10 heteroatoms. The lowest BCUT2D eigenvalue weighted by atomic mass is 9.96. The number of carbonyl (C=O) groups is 1. The molecule has 2 saturated heterocycles. The van der Waals surface area contributed by atoms with Crippen LogP contribution < -0.4 is 5.32 Å². The number of hydrogen-bond acceptors (Lipinski definition) is 6. The van der Waals surface area contributed by atoms with Crippen LogP contribution in [0.3, 0.4) is 0 Å². The summed E-state index contributed by atoms with van der Waals surface area (Å²) in [5, 5.41) is 12.9. The Bertz CT molecular complexity index is 1630. The summed E-state index contributed by atoms with van der Waals surface area (Å²) < 4.78 is 41.9. The number of anilines is 1. The molecule has 3 heterocycles. The molecule has 2 fully saturated rings. The van der Waals surface area contributed by atoms with Gasteiger partial charge in [0.15, 0.2) is 11.7 Å². The Morgan fingerprint density at radius 3 is 2.50 bits per heavy atom. The summed E-state index contributed by atoms with van der Waals surface area (Å²) in [6.45, 7) is 10.0. The molecule has 8 nitrogen and oxygen atoms in total. The lowest BCUT2D eigenvalue weighted by Gasteiger charge is -2.42. The third-order valence-electron chi connectivity index (χ3n) is 7.58. The highest BCUT2D eigenvalue weighted by atomic mass is 19.1. The second-order valence-corrected chi connectivity index (χ2v) is 11.5. The molecule has 1 amide bonds. The number of aromatic nitrogens is 1. The molecule has 2 aliphatic rings. The van der Waals surface area contributed by atoms with Gasteiger partial charge in [-0.1, -0.05) is 30.2 Å². The van der Waals surface area contributed by atoms with E-state index in [0.717, 1.165) is 12.8 Å². The summed E-state index contributed by atoms with van der Waals surface area (Å²) in [6, 6.07) is 7.67. The minimum absolute atomic E-state index is 0.00950. The molecule has 218 valence electrons. The van der Waals surface area contributed by atoms with Crippen LogP contribution in [0.15, 0.2) is 49.0 Å². The smallest absolute Gasteiger partial charge is 0.410 e. The predicted octanol–water partition coefficient (Wildman–Crippen LogP) is 6.10. The van der Waals surface area contributed by atoms with Crippen LogP contribution in [0.25, 0.3) is 22.0 Å². The minimum atomic E-state index is -0.773. The number of methoxy groups -OCH3 is 1. The zero-order chi connectivity index (χ0) is 30.3. The Kier molecular flexibility index (Phi) is 7.54. The van der Waals surface area contributed by atoms with Crippen molar-refractivity contribution < 1.29 is 23.0 Å². The van der Waals surface area contributed by atoms with Crippen LogP contribution in [0.1, 0.15) is 44.7 Å². The van der Waals surface area contributed by atoms with Crippen molar-refractivity contribution in [3.05, 3.63) is 71.8 Å². The summed E-state index contributed by atoms with van der Waals surface area (Å²) in [4.78, 5) is 20.9. The molecular formula is C32H33F2N5O3. The van der Waals surface area contributed by atoms with Crippen LogP contribution >= 0.6 is 0 Å². The fraction of sp³-hybridized carbons (Fsp3) is 0.344. The van der Waals surface area contributed by atoms with Gasteiger partial charge in [0.2, 0.25) is 0 Å². The summed E-state index contributed by atoms with van der Waals surface area (Å²) >= 11 is 0. The van der Waals surface area contributed by atoms with Gasteiger partial charge in [0.05, 0.1) is 36.0 Å². The van der Waals surface area contributed by atoms with E-state index in [2.05, 4.69) is 22.8 Å². The molecule has 3 aromatic rings. The number of carbonyl (C=O) groups excluding carboxylic acids is 1. The number of ether oxygens (including phenoxy) is 2. The third-order valence-corrected chi connectivity index (χ3v) is 7.58. The number of pyridine rings is 1. The van der Waals surface area contributed by atoms with E-state index in [-0.39, 0.29) is 52.4 Å². The van der Waals surface area contributed by atoms with Crippen molar-refractivity contribution >= 4 is 28.4 Å². The van der Waals surface area contributed by atoms with Crippen LogP contribution in [0.5, 0.6) is 0 Å². The Hall–Kier alpha value is -4.65. The third kappa shape index (κ3) is 5.22. The molecule has 0 aliphatic carbocycles. The molecule has 42 heavy (non-hydrogen) atoms. The maximum absolute atomic E-state index is 16.4. The van der Waals surface area contributed by atoms with Crippen molar-refractivity contribution in [3.8, 4) is 23.6 Å². The van der Waals surface area contributed by atoms with Gasteiger partial charge in [-0.05, 0) is 51.6 Å². The molecule has 2 aliphatic heterocycles. The molecule has 2 unspecified atom stereocenters. The van der Waals surface area contributed by atoms with Crippen molar-refractivity contribution in [2.45, 2.75) is 51.3 Å². The molecule has 2 aromatic carbocycles. The lowest BCUT2D eigenvalue weighted by Crippen LogP contribution is -2.58. The monoisotopic (exact) mass is 573 g/mol. The quantitative estimate of drug-likeness (QED) is 0.166. The van der Waals surface area contributed by atoms with Gasteiger partial charge < -0.3 is 19.7 Å². The topological polar surface area (TPSA) is 90.8 Å². The summed E-state index contributed by atoms with van der Waals surface area (Å²) in [5.74, 6) is 1.11.